The molecule has 0 saturated heterocycles. The van der Waals surface area contributed by atoms with Gasteiger partial charge in [0.25, 0.3) is 0 Å². The van der Waals surface area contributed by atoms with Crippen LogP contribution in [0.5, 0.6) is 0 Å². The zero-order valence-corrected chi connectivity index (χ0v) is 8.90. The van der Waals surface area contributed by atoms with E-state index in [1.807, 2.05) is 5.75 Å². The van der Waals surface area contributed by atoms with E-state index in [-0.39, 0.29) is 65.8 Å². The molecule has 0 bridgehead atoms. The number of hydrogen-bond donors (Lipinski definition) is 1. The van der Waals surface area contributed by atoms with Crippen molar-refractivity contribution in [3.63, 3.8) is 0 Å². The first-order valence-corrected chi connectivity index (χ1v) is 2.58. The van der Waals surface area contributed by atoms with Gasteiger partial charge in [0, 0.05) is 0 Å². The van der Waals surface area contributed by atoms with E-state index in [0.29, 0.717) is 0 Å². The Hall–Kier alpha value is 1.08. The topological polar surface area (TPSA) is 69.2 Å². The average molecular weight is 171 g/mol. The van der Waals surface area contributed by atoms with E-state index in [4.69, 9.17) is 0 Å². The van der Waals surface area contributed by atoms with Gasteiger partial charge in [0.2, 0.25) is 0 Å². The molecule has 0 aromatic heterocycles. The summed E-state index contributed by atoms with van der Waals surface area (Å²) in [5.74, 6) is 0.776. The van der Waals surface area contributed by atoms with Crippen LogP contribution in [0.1, 0.15) is 0 Å². The fourth-order valence-electron chi connectivity index (χ4n) is 0.144. The minimum Gasteiger partial charge on any atom is 1.00 e. The summed E-state index contributed by atoms with van der Waals surface area (Å²) in [6.07, 6.45) is 0. The quantitative estimate of drug-likeness (QED) is 0.258. The monoisotopic (exact) mass is 171 g/mol. The zero-order chi connectivity index (χ0) is 6.41. The fourth-order valence-corrected chi connectivity index (χ4v) is 0.288. The second-order valence-corrected chi connectivity index (χ2v) is 1.33. The largest absolute Gasteiger partial charge is 1.00 e. The van der Waals surface area contributed by atoms with Crippen molar-refractivity contribution in [2.45, 2.75) is 0 Å². The van der Waals surface area contributed by atoms with Gasteiger partial charge in [0.15, 0.2) is 0 Å². The Morgan fingerprint density at radius 1 is 1.78 bits per heavy atom. The minimum absolute atomic E-state index is 0. The summed E-state index contributed by atoms with van der Waals surface area (Å²) in [7, 11) is -0.352. The Morgan fingerprint density at radius 3 is 2.67 bits per heavy atom. The molecule has 0 aliphatic carbocycles. The van der Waals surface area contributed by atoms with Crippen molar-refractivity contribution in [2.75, 3.05) is 6.54 Å². The molecule has 0 radical (unpaired) electrons. The second kappa shape index (κ2) is 9.08. The van der Waals surface area contributed by atoms with E-state index < -0.39 is 5.97 Å². The Balaban J connectivity index is 0. The SMILES string of the molecule is O=P#CNCC(=O)[O-].[K+]. The van der Waals surface area contributed by atoms with Gasteiger partial charge in [-0.25, -0.2) is 0 Å². The van der Waals surface area contributed by atoms with Gasteiger partial charge >= 0.3 is 97.3 Å². The van der Waals surface area contributed by atoms with E-state index in [2.05, 4.69) is 5.32 Å². The molecule has 0 atom stereocenters. The summed E-state index contributed by atoms with van der Waals surface area (Å²) >= 11 is 0. The number of carboxylic acid groups (broad SMARTS) is 1. The molecular weight excluding hydrogens is 168 g/mol. The summed E-state index contributed by atoms with van der Waals surface area (Å²) in [5, 5.41) is 11.7. The molecule has 0 unspecified atom stereocenters. The molecule has 0 heterocycles. The Kier molecular flexibility index (Phi) is 12.8. The van der Waals surface area contributed by atoms with Crippen LogP contribution in [0.3, 0.4) is 0 Å². The summed E-state index contributed by atoms with van der Waals surface area (Å²) in [6, 6.07) is 0. The summed E-state index contributed by atoms with van der Waals surface area (Å²) in [4.78, 5) is 9.56. The van der Waals surface area contributed by atoms with Crippen LogP contribution in [0.2, 0.25) is 0 Å². The second-order valence-electron chi connectivity index (χ2n) is 0.929. The first kappa shape index (κ1) is 12.7. The third kappa shape index (κ3) is 12.3. The van der Waals surface area contributed by atoms with Gasteiger partial charge < -0.3 is 0 Å². The Labute approximate surface area is 95.9 Å². The molecule has 0 spiro atoms. The maximum atomic E-state index is 9.56. The zero-order valence-electron chi connectivity index (χ0n) is 4.88. The van der Waals surface area contributed by atoms with E-state index >= 15 is 0 Å². The van der Waals surface area contributed by atoms with Crippen LogP contribution in [-0.2, 0) is 9.36 Å². The van der Waals surface area contributed by atoms with Gasteiger partial charge in [-0.1, -0.05) is 0 Å². The van der Waals surface area contributed by atoms with Crippen LogP contribution in [0.15, 0.2) is 0 Å². The minimum atomic E-state index is -1.25. The van der Waals surface area contributed by atoms with E-state index in [1.165, 1.54) is 0 Å². The molecule has 9 heavy (non-hydrogen) atoms. The summed E-state index contributed by atoms with van der Waals surface area (Å²) < 4.78 is 9.50. The molecule has 4 nitrogen and oxygen atoms in total. The molecule has 0 fully saturated rings. The normalized spacial score (nSPS) is 6.67. The molecule has 0 aliphatic heterocycles. The third-order valence-corrected chi connectivity index (χ3v) is 0.607. The molecule has 0 aromatic rings. The predicted molar refractivity (Wildman–Crippen MR) is 24.5 cm³/mol. The van der Waals surface area contributed by atoms with E-state index in [0.717, 1.165) is 0 Å². The molecule has 6 heteroatoms. The predicted octanol–water partition coefficient (Wildman–Crippen LogP) is -4.46. The van der Waals surface area contributed by atoms with Crippen molar-refractivity contribution < 1.29 is 65.9 Å². The van der Waals surface area contributed by atoms with Crippen LogP contribution < -0.4 is 61.8 Å². The van der Waals surface area contributed by atoms with E-state index in [1.54, 1.807) is 0 Å². The number of hydrogen-bond acceptors (Lipinski definition) is 4. The summed E-state index contributed by atoms with van der Waals surface area (Å²) in [5.41, 5.74) is 0. The average Bonchev–Trinajstić information content (AvgIpc) is 1.66. The maximum Gasteiger partial charge on any atom is 1.00 e. The molecule has 0 aromatic carbocycles. The van der Waals surface area contributed by atoms with E-state index in [9.17, 15) is 14.5 Å². The van der Waals surface area contributed by atoms with Crippen molar-refractivity contribution >= 4 is 13.9 Å². The van der Waals surface area contributed by atoms with Crippen molar-refractivity contribution in [3.05, 3.63) is 0 Å². The number of rotatable bonds is 2. The van der Waals surface area contributed by atoms with Gasteiger partial charge in [-0.15, -0.1) is 0 Å². The van der Waals surface area contributed by atoms with Crippen LogP contribution in [0.4, 0.5) is 0 Å². The fraction of sp³-hybridized carbons (Fsp3) is 0.333. The van der Waals surface area contributed by atoms with Gasteiger partial charge in [0.1, 0.15) is 0 Å². The van der Waals surface area contributed by atoms with Gasteiger partial charge in [0.05, 0.1) is 0 Å². The molecule has 44 valence electrons. The van der Waals surface area contributed by atoms with Crippen LogP contribution in [-0.4, -0.2) is 12.5 Å². The number of aliphatic carboxylic acids is 1. The van der Waals surface area contributed by atoms with Gasteiger partial charge in [-0.3, -0.25) is 0 Å². The molecular formula is C3H3KNO3P. The molecule has 0 rings (SSSR count). The van der Waals surface area contributed by atoms with Gasteiger partial charge in [-0.05, 0) is 0 Å². The van der Waals surface area contributed by atoms with Gasteiger partial charge in [-0.2, -0.15) is 0 Å². The van der Waals surface area contributed by atoms with Crippen molar-refractivity contribution in [3.8, 4) is 5.75 Å². The van der Waals surface area contributed by atoms with Crippen LogP contribution in [0, 0.1) is 5.75 Å². The van der Waals surface area contributed by atoms with Crippen molar-refractivity contribution in [1.82, 2.24) is 5.32 Å². The molecule has 0 amide bonds. The molecule has 1 N–H and O–H groups in total. The first-order chi connectivity index (χ1) is 3.77. The Bertz CT molecular complexity index is 174. The molecule has 0 saturated carbocycles. The number of carboxylic acids is 1. The summed E-state index contributed by atoms with van der Waals surface area (Å²) in [6.45, 7) is -0.352. The van der Waals surface area contributed by atoms with Crippen molar-refractivity contribution in [1.29, 1.82) is 0 Å². The number of carbonyl (C=O) groups excluding carboxylic acids is 1. The number of nitrogens with one attached hydrogen (secondary N) is 1. The smallest absolute Gasteiger partial charge is 1.00 e. The third-order valence-electron chi connectivity index (χ3n) is 0.357. The number of carbonyl (C=O) groups is 1. The molecule has 0 aliphatic rings. The standard InChI is InChI=1S/C3H4NO3P.K/c5-3(6)1-4-2-8-7;/h4H,1H2,(H,5,6);/q;+1/p-1. The van der Waals surface area contributed by atoms with Crippen LogP contribution in [0.25, 0.3) is 0 Å². The van der Waals surface area contributed by atoms with Crippen LogP contribution >= 0.6 is 7.92 Å². The van der Waals surface area contributed by atoms with Crippen molar-refractivity contribution in [2.24, 2.45) is 0 Å². The first-order valence-electron chi connectivity index (χ1n) is 1.77. The Morgan fingerprint density at radius 2 is 2.33 bits per heavy atom. The maximum absolute atomic E-state index is 9.56.